The monoisotopic (exact) mass is 1130 g/mol. The summed E-state index contributed by atoms with van der Waals surface area (Å²) in [6.45, 7) is 6.58. The van der Waals surface area contributed by atoms with Crippen molar-refractivity contribution in [2.45, 2.75) is 386 Å². The van der Waals surface area contributed by atoms with Gasteiger partial charge in [-0.3, -0.25) is 14.4 Å². The molecule has 0 rings (SSSR count). The largest absolute Gasteiger partial charge is 0.462 e. The summed E-state index contributed by atoms with van der Waals surface area (Å²) >= 11 is 0. The Morgan fingerprint density at radius 2 is 0.481 bits per heavy atom. The molecule has 0 aromatic heterocycles. The zero-order valence-corrected chi connectivity index (χ0v) is 54.3. The van der Waals surface area contributed by atoms with Gasteiger partial charge in [0.05, 0.1) is 0 Å². The Bertz CT molecular complexity index is 1440. The van der Waals surface area contributed by atoms with Gasteiger partial charge in [0.2, 0.25) is 0 Å². The van der Waals surface area contributed by atoms with E-state index in [1.807, 2.05) is 0 Å². The van der Waals surface area contributed by atoms with Crippen LogP contribution in [0.5, 0.6) is 0 Å². The molecular weight excluding hydrogens is 997 g/mol. The Kier molecular flexibility index (Phi) is 67.1. The number of hydrogen-bond donors (Lipinski definition) is 0. The number of carbonyl (C=O) groups is 3. The minimum absolute atomic E-state index is 0.0656. The van der Waals surface area contributed by atoms with Crippen LogP contribution in [0.3, 0.4) is 0 Å². The summed E-state index contributed by atoms with van der Waals surface area (Å²) in [5.74, 6) is -0.838. The molecule has 81 heavy (non-hydrogen) atoms. The van der Waals surface area contributed by atoms with E-state index in [1.165, 1.54) is 250 Å². The third-order valence-electron chi connectivity index (χ3n) is 16.0. The molecule has 472 valence electrons. The van der Waals surface area contributed by atoms with Gasteiger partial charge in [-0.1, -0.05) is 358 Å². The fourth-order valence-corrected chi connectivity index (χ4v) is 10.7. The molecule has 0 aromatic carbocycles. The summed E-state index contributed by atoms with van der Waals surface area (Å²) in [6, 6.07) is 0. The molecular formula is C75H136O6. The summed E-state index contributed by atoms with van der Waals surface area (Å²) in [5.41, 5.74) is 0. The van der Waals surface area contributed by atoms with Crippen molar-refractivity contribution >= 4 is 17.9 Å². The van der Waals surface area contributed by atoms with Crippen LogP contribution in [0.2, 0.25) is 0 Å². The summed E-state index contributed by atoms with van der Waals surface area (Å²) in [6.07, 6.45) is 89.8. The summed E-state index contributed by atoms with van der Waals surface area (Å²) in [4.78, 5) is 38.3. The number of carbonyl (C=O) groups excluding carboxylic acids is 3. The van der Waals surface area contributed by atoms with E-state index in [-0.39, 0.29) is 31.1 Å². The predicted molar refractivity (Wildman–Crippen MR) is 353 cm³/mol. The molecule has 0 aliphatic carbocycles. The second-order valence-electron chi connectivity index (χ2n) is 24.1. The molecule has 0 aliphatic heterocycles. The van der Waals surface area contributed by atoms with Crippen LogP contribution in [0.25, 0.3) is 0 Å². The highest BCUT2D eigenvalue weighted by Crippen LogP contribution is 2.19. The van der Waals surface area contributed by atoms with Gasteiger partial charge < -0.3 is 14.2 Å². The van der Waals surface area contributed by atoms with Crippen molar-refractivity contribution < 1.29 is 28.6 Å². The lowest BCUT2D eigenvalue weighted by Gasteiger charge is -2.18. The zero-order valence-electron chi connectivity index (χ0n) is 54.3. The number of esters is 3. The zero-order chi connectivity index (χ0) is 58.5. The third-order valence-corrected chi connectivity index (χ3v) is 16.0. The van der Waals surface area contributed by atoms with Gasteiger partial charge >= 0.3 is 17.9 Å². The molecule has 0 radical (unpaired) electrons. The van der Waals surface area contributed by atoms with Gasteiger partial charge in [-0.25, -0.2) is 0 Å². The first-order valence-corrected chi connectivity index (χ1v) is 35.8. The van der Waals surface area contributed by atoms with Crippen molar-refractivity contribution in [1.82, 2.24) is 0 Å². The molecule has 0 N–H and O–H groups in total. The molecule has 0 aromatic rings. The maximum Gasteiger partial charge on any atom is 0.306 e. The average molecular weight is 1130 g/mol. The van der Waals surface area contributed by atoms with Crippen molar-refractivity contribution in [3.05, 3.63) is 60.8 Å². The van der Waals surface area contributed by atoms with Crippen LogP contribution in [0.15, 0.2) is 60.8 Å². The lowest BCUT2D eigenvalue weighted by atomic mass is 10.0. The van der Waals surface area contributed by atoms with Crippen molar-refractivity contribution in [2.75, 3.05) is 13.2 Å². The Morgan fingerprint density at radius 1 is 0.259 bits per heavy atom. The van der Waals surface area contributed by atoms with Crippen molar-refractivity contribution in [2.24, 2.45) is 0 Å². The molecule has 1 unspecified atom stereocenters. The first-order valence-electron chi connectivity index (χ1n) is 35.8. The standard InChI is InChI=1S/C75H136O6/c1-4-7-10-13-16-19-22-24-26-28-29-30-31-32-33-34-35-36-37-38-39-40-41-42-43-44-45-47-48-50-53-56-59-62-65-68-74(77)80-71-72(70-79-73(76)67-64-61-58-55-52-21-18-15-12-9-6-3)81-75(78)69-66-63-60-57-54-51-49-46-27-25-23-20-17-14-11-8-5-2/h7,10,16,19,24,26,29-30,32-33,72H,4-6,8-9,11-15,17-18,20-23,25,27-28,31,34-71H2,1-3H3/b10-7-,19-16-,26-24-,30-29-,33-32-. The topological polar surface area (TPSA) is 78.9 Å². The quantitative estimate of drug-likeness (QED) is 0.0261. The summed E-state index contributed by atoms with van der Waals surface area (Å²) in [5, 5.41) is 0. The van der Waals surface area contributed by atoms with E-state index in [4.69, 9.17) is 14.2 Å². The second kappa shape index (κ2) is 69.6. The molecule has 0 spiro atoms. The molecule has 0 heterocycles. The van der Waals surface area contributed by atoms with Gasteiger partial charge in [0, 0.05) is 19.3 Å². The number of unbranched alkanes of at least 4 members (excludes halogenated alkanes) is 45. The van der Waals surface area contributed by atoms with Crippen LogP contribution in [0, 0.1) is 0 Å². The van der Waals surface area contributed by atoms with Crippen LogP contribution in [-0.2, 0) is 28.6 Å². The smallest absolute Gasteiger partial charge is 0.306 e. The summed E-state index contributed by atoms with van der Waals surface area (Å²) in [7, 11) is 0. The van der Waals surface area contributed by atoms with Gasteiger partial charge in [0.15, 0.2) is 6.10 Å². The Balaban J connectivity index is 4.06. The van der Waals surface area contributed by atoms with Crippen LogP contribution < -0.4 is 0 Å². The Hall–Kier alpha value is -2.89. The highest BCUT2D eigenvalue weighted by molar-refractivity contribution is 5.71. The highest BCUT2D eigenvalue weighted by atomic mass is 16.6. The molecule has 0 bridgehead atoms. The SMILES string of the molecule is CC/C=C\C/C=C\C/C=C\C/C=C\C/C=C\CCCCCCCCCCCCCCCCCCCCCC(=O)OCC(COC(=O)CCCCCCCCCCCCC)OC(=O)CCCCCCCCCCCCCCCCCCC. The number of ether oxygens (including phenoxy) is 3. The minimum Gasteiger partial charge on any atom is -0.462 e. The van der Waals surface area contributed by atoms with E-state index >= 15 is 0 Å². The predicted octanol–water partition coefficient (Wildman–Crippen LogP) is 24.7. The molecule has 6 nitrogen and oxygen atoms in total. The normalized spacial score (nSPS) is 12.4. The fraction of sp³-hybridized carbons (Fsp3) is 0.827. The maximum absolute atomic E-state index is 12.9. The first-order chi connectivity index (χ1) is 40.0. The lowest BCUT2D eigenvalue weighted by molar-refractivity contribution is -0.167. The Labute approximate surface area is 504 Å². The van der Waals surface area contributed by atoms with Gasteiger partial charge in [-0.05, 0) is 64.2 Å². The van der Waals surface area contributed by atoms with Gasteiger partial charge in [-0.15, -0.1) is 0 Å². The maximum atomic E-state index is 12.9. The highest BCUT2D eigenvalue weighted by Gasteiger charge is 2.19. The van der Waals surface area contributed by atoms with Crippen LogP contribution in [-0.4, -0.2) is 37.2 Å². The van der Waals surface area contributed by atoms with E-state index < -0.39 is 6.10 Å². The fourth-order valence-electron chi connectivity index (χ4n) is 10.7. The molecule has 0 saturated carbocycles. The summed E-state index contributed by atoms with van der Waals surface area (Å²) < 4.78 is 17.0. The van der Waals surface area contributed by atoms with Crippen LogP contribution in [0.1, 0.15) is 380 Å². The number of rotatable bonds is 66. The van der Waals surface area contributed by atoms with E-state index in [9.17, 15) is 14.4 Å². The molecule has 0 fully saturated rings. The van der Waals surface area contributed by atoms with Gasteiger partial charge in [0.1, 0.15) is 13.2 Å². The number of allylic oxidation sites excluding steroid dienone is 10. The second-order valence-corrected chi connectivity index (χ2v) is 24.1. The third kappa shape index (κ3) is 67.8. The van der Waals surface area contributed by atoms with E-state index in [0.717, 1.165) is 89.9 Å². The first kappa shape index (κ1) is 78.1. The molecule has 1 atom stereocenters. The van der Waals surface area contributed by atoms with E-state index in [0.29, 0.717) is 19.3 Å². The molecule has 0 aliphatic rings. The average Bonchev–Trinajstić information content (AvgIpc) is 3.47. The van der Waals surface area contributed by atoms with Crippen LogP contribution in [0.4, 0.5) is 0 Å². The van der Waals surface area contributed by atoms with Crippen molar-refractivity contribution in [3.8, 4) is 0 Å². The number of hydrogen-bond acceptors (Lipinski definition) is 6. The minimum atomic E-state index is -0.768. The van der Waals surface area contributed by atoms with E-state index in [2.05, 4.69) is 81.5 Å². The molecule has 0 saturated heterocycles. The molecule has 6 heteroatoms. The van der Waals surface area contributed by atoms with Crippen molar-refractivity contribution in [1.29, 1.82) is 0 Å². The van der Waals surface area contributed by atoms with Gasteiger partial charge in [-0.2, -0.15) is 0 Å². The Morgan fingerprint density at radius 3 is 0.753 bits per heavy atom. The van der Waals surface area contributed by atoms with E-state index in [1.54, 1.807) is 0 Å². The van der Waals surface area contributed by atoms with Crippen molar-refractivity contribution in [3.63, 3.8) is 0 Å². The lowest BCUT2D eigenvalue weighted by Crippen LogP contribution is -2.30. The van der Waals surface area contributed by atoms with Gasteiger partial charge in [0.25, 0.3) is 0 Å². The van der Waals surface area contributed by atoms with Crippen LogP contribution >= 0.6 is 0 Å². The molecule has 0 amide bonds.